The standard InChI is InChI=1S/C13H18N2O4/c1-13(2,3)10(14)11(17)15-9-5-4-7(16)6-8(9)12(18)19/h4-6,10,16H,14H2,1-3H3,(H,15,17)(H,18,19)/t10-/m0/s1. The van der Waals surface area contributed by atoms with Crippen molar-refractivity contribution < 1.29 is 19.8 Å². The predicted molar refractivity (Wildman–Crippen MR) is 71.1 cm³/mol. The molecule has 0 saturated carbocycles. The third-order valence-electron chi connectivity index (χ3n) is 2.71. The van der Waals surface area contributed by atoms with Crippen molar-refractivity contribution in [2.45, 2.75) is 26.8 Å². The molecule has 104 valence electrons. The van der Waals surface area contributed by atoms with Crippen molar-refractivity contribution in [2.24, 2.45) is 11.1 Å². The van der Waals surface area contributed by atoms with Gasteiger partial charge in [-0.2, -0.15) is 0 Å². The Balaban J connectivity index is 3.00. The molecule has 1 amide bonds. The van der Waals surface area contributed by atoms with Gasteiger partial charge in [0.05, 0.1) is 17.3 Å². The van der Waals surface area contributed by atoms with Crippen LogP contribution in [0.3, 0.4) is 0 Å². The fraction of sp³-hybridized carbons (Fsp3) is 0.385. The lowest BCUT2D eigenvalue weighted by Gasteiger charge is -2.26. The quantitative estimate of drug-likeness (QED) is 0.618. The summed E-state index contributed by atoms with van der Waals surface area (Å²) in [6.45, 7) is 5.44. The number of hydrogen-bond acceptors (Lipinski definition) is 4. The number of aromatic hydroxyl groups is 1. The first-order chi connectivity index (χ1) is 8.62. The molecule has 0 saturated heterocycles. The highest BCUT2D eigenvalue weighted by Crippen LogP contribution is 2.23. The molecule has 0 aliphatic heterocycles. The van der Waals surface area contributed by atoms with Crippen LogP contribution in [-0.4, -0.2) is 28.1 Å². The summed E-state index contributed by atoms with van der Waals surface area (Å²) in [4.78, 5) is 23.0. The van der Waals surface area contributed by atoms with E-state index < -0.39 is 23.3 Å². The van der Waals surface area contributed by atoms with E-state index >= 15 is 0 Å². The maximum Gasteiger partial charge on any atom is 0.337 e. The van der Waals surface area contributed by atoms with E-state index in [4.69, 9.17) is 10.8 Å². The third kappa shape index (κ3) is 3.69. The molecule has 0 unspecified atom stereocenters. The maximum atomic E-state index is 11.9. The fourth-order valence-electron chi connectivity index (χ4n) is 1.42. The molecule has 6 nitrogen and oxygen atoms in total. The second-order valence-corrected chi connectivity index (χ2v) is 5.37. The van der Waals surface area contributed by atoms with E-state index in [0.29, 0.717) is 0 Å². The van der Waals surface area contributed by atoms with Gasteiger partial charge >= 0.3 is 5.97 Å². The normalized spacial score (nSPS) is 12.8. The number of nitrogens with one attached hydrogen (secondary N) is 1. The molecule has 1 rings (SSSR count). The molecule has 6 heteroatoms. The van der Waals surface area contributed by atoms with Crippen molar-refractivity contribution in [2.75, 3.05) is 5.32 Å². The molecule has 0 aliphatic carbocycles. The highest BCUT2D eigenvalue weighted by atomic mass is 16.4. The summed E-state index contributed by atoms with van der Waals surface area (Å²) in [5.41, 5.74) is 5.27. The molecule has 1 aromatic rings. The van der Waals surface area contributed by atoms with Gasteiger partial charge in [-0.25, -0.2) is 4.79 Å². The van der Waals surface area contributed by atoms with Crippen molar-refractivity contribution in [3.8, 4) is 5.75 Å². The van der Waals surface area contributed by atoms with Gasteiger partial charge in [0.25, 0.3) is 0 Å². The maximum absolute atomic E-state index is 11.9. The molecule has 19 heavy (non-hydrogen) atoms. The van der Waals surface area contributed by atoms with Gasteiger partial charge in [0.1, 0.15) is 5.75 Å². The number of carboxylic acids is 1. The number of phenolic OH excluding ortho intramolecular Hbond substituents is 1. The summed E-state index contributed by atoms with van der Waals surface area (Å²) in [7, 11) is 0. The lowest BCUT2D eigenvalue weighted by molar-refractivity contribution is -0.119. The van der Waals surface area contributed by atoms with Crippen LogP contribution in [0.15, 0.2) is 18.2 Å². The second-order valence-electron chi connectivity index (χ2n) is 5.37. The molecular weight excluding hydrogens is 248 g/mol. The number of benzene rings is 1. The molecule has 1 atom stereocenters. The van der Waals surface area contributed by atoms with Crippen LogP contribution in [0.4, 0.5) is 5.69 Å². The molecular formula is C13H18N2O4. The van der Waals surface area contributed by atoms with E-state index in [1.165, 1.54) is 12.1 Å². The average Bonchev–Trinajstić information content (AvgIpc) is 2.28. The Bertz CT molecular complexity index is 506. The third-order valence-corrected chi connectivity index (χ3v) is 2.71. The van der Waals surface area contributed by atoms with Gasteiger partial charge in [0.2, 0.25) is 5.91 Å². The summed E-state index contributed by atoms with van der Waals surface area (Å²) < 4.78 is 0. The van der Waals surface area contributed by atoms with Crippen LogP contribution in [-0.2, 0) is 4.79 Å². The van der Waals surface area contributed by atoms with Crippen LogP contribution in [0.5, 0.6) is 5.75 Å². The van der Waals surface area contributed by atoms with E-state index in [1.54, 1.807) is 0 Å². The average molecular weight is 266 g/mol. The highest BCUT2D eigenvalue weighted by Gasteiger charge is 2.28. The van der Waals surface area contributed by atoms with Crippen LogP contribution in [0.2, 0.25) is 0 Å². The summed E-state index contributed by atoms with van der Waals surface area (Å²) in [5, 5.41) is 20.7. The van der Waals surface area contributed by atoms with Gasteiger partial charge in [-0.15, -0.1) is 0 Å². The summed E-state index contributed by atoms with van der Waals surface area (Å²) in [6, 6.07) is 2.92. The van der Waals surface area contributed by atoms with E-state index in [0.717, 1.165) is 6.07 Å². The Labute approximate surface area is 111 Å². The zero-order chi connectivity index (χ0) is 14.8. The number of nitrogens with two attached hydrogens (primary N) is 1. The van der Waals surface area contributed by atoms with Gasteiger partial charge in [-0.1, -0.05) is 20.8 Å². The Kier molecular flexibility index (Phi) is 4.16. The van der Waals surface area contributed by atoms with Crippen molar-refractivity contribution in [3.05, 3.63) is 23.8 Å². The number of rotatable bonds is 3. The summed E-state index contributed by atoms with van der Waals surface area (Å²) in [6.07, 6.45) is 0. The van der Waals surface area contributed by atoms with Crippen molar-refractivity contribution in [1.29, 1.82) is 0 Å². The minimum atomic E-state index is -1.24. The van der Waals surface area contributed by atoms with Gasteiger partial charge < -0.3 is 21.3 Å². The van der Waals surface area contributed by atoms with Crippen molar-refractivity contribution in [1.82, 2.24) is 0 Å². The van der Waals surface area contributed by atoms with E-state index in [2.05, 4.69) is 5.32 Å². The SMILES string of the molecule is CC(C)(C)[C@@H](N)C(=O)Nc1ccc(O)cc1C(=O)O. The van der Waals surface area contributed by atoms with Crippen molar-refractivity contribution >= 4 is 17.6 Å². The first-order valence-corrected chi connectivity index (χ1v) is 5.75. The van der Waals surface area contributed by atoms with Crippen LogP contribution < -0.4 is 11.1 Å². The molecule has 0 bridgehead atoms. The largest absolute Gasteiger partial charge is 0.508 e. The van der Waals surface area contributed by atoms with Crippen LogP contribution in [0, 0.1) is 5.41 Å². The van der Waals surface area contributed by atoms with Crippen LogP contribution in [0.25, 0.3) is 0 Å². The summed E-state index contributed by atoms with van der Waals surface area (Å²) >= 11 is 0. The molecule has 0 heterocycles. The smallest absolute Gasteiger partial charge is 0.337 e. The van der Waals surface area contributed by atoms with Gasteiger partial charge in [0.15, 0.2) is 0 Å². The lowest BCUT2D eigenvalue weighted by atomic mass is 9.87. The number of hydrogen-bond donors (Lipinski definition) is 4. The fourth-order valence-corrected chi connectivity index (χ4v) is 1.42. The number of carboxylic acid groups (broad SMARTS) is 1. The molecule has 0 fully saturated rings. The Morgan fingerprint density at radius 3 is 2.37 bits per heavy atom. The van der Waals surface area contributed by atoms with Crippen LogP contribution in [0.1, 0.15) is 31.1 Å². The van der Waals surface area contributed by atoms with Gasteiger partial charge in [-0.3, -0.25) is 4.79 Å². The number of aromatic carboxylic acids is 1. The lowest BCUT2D eigenvalue weighted by Crippen LogP contribution is -2.45. The second kappa shape index (κ2) is 5.27. The minimum Gasteiger partial charge on any atom is -0.508 e. The predicted octanol–water partition coefficient (Wildman–Crippen LogP) is 1.40. The van der Waals surface area contributed by atoms with Gasteiger partial charge in [-0.05, 0) is 23.6 Å². The summed E-state index contributed by atoms with van der Waals surface area (Å²) in [5.74, 6) is -1.90. The number of phenols is 1. The number of carbonyl (C=O) groups excluding carboxylic acids is 1. The Hall–Kier alpha value is -2.08. The zero-order valence-corrected chi connectivity index (χ0v) is 11.1. The molecule has 0 aliphatic rings. The first-order valence-electron chi connectivity index (χ1n) is 5.75. The molecule has 0 aromatic heterocycles. The number of amides is 1. The number of anilines is 1. The van der Waals surface area contributed by atoms with E-state index in [1.807, 2.05) is 20.8 Å². The zero-order valence-electron chi connectivity index (χ0n) is 11.1. The van der Waals surface area contributed by atoms with Gasteiger partial charge in [0, 0.05) is 0 Å². The molecule has 1 aromatic carbocycles. The first kappa shape index (κ1) is 15.0. The molecule has 5 N–H and O–H groups in total. The number of carbonyl (C=O) groups is 2. The monoisotopic (exact) mass is 266 g/mol. The highest BCUT2D eigenvalue weighted by molar-refractivity contribution is 6.02. The minimum absolute atomic E-state index is 0.106. The Morgan fingerprint density at radius 1 is 1.32 bits per heavy atom. The molecule has 0 radical (unpaired) electrons. The van der Waals surface area contributed by atoms with E-state index in [9.17, 15) is 14.7 Å². The van der Waals surface area contributed by atoms with Crippen LogP contribution >= 0.6 is 0 Å². The van der Waals surface area contributed by atoms with E-state index in [-0.39, 0.29) is 17.0 Å². The topological polar surface area (TPSA) is 113 Å². The molecule has 0 spiro atoms. The van der Waals surface area contributed by atoms with Crippen molar-refractivity contribution in [3.63, 3.8) is 0 Å². The Morgan fingerprint density at radius 2 is 1.89 bits per heavy atom.